The number of hydrogen-bond acceptors (Lipinski definition) is 3. The number of allylic oxidation sites excluding steroid dienone is 7. The molecule has 0 bridgehead atoms. The monoisotopic (exact) mass is 438 g/mol. The summed E-state index contributed by atoms with van der Waals surface area (Å²) in [5.74, 6) is 4.51. The summed E-state index contributed by atoms with van der Waals surface area (Å²) in [7, 11) is 0. The molecule has 2 saturated carbocycles. The molecule has 0 aromatic heterocycles. The third kappa shape index (κ3) is 4.92. The van der Waals surface area contributed by atoms with Crippen LogP contribution in [0.15, 0.2) is 47.1 Å². The molecule has 31 heavy (non-hydrogen) atoms. The van der Waals surface area contributed by atoms with Crippen molar-refractivity contribution in [1.82, 2.24) is 0 Å². The van der Waals surface area contributed by atoms with Crippen molar-refractivity contribution in [2.75, 3.05) is 11.5 Å². The number of thioether (sulfide) groups is 1. The molecule has 5 rings (SSSR count). The summed E-state index contributed by atoms with van der Waals surface area (Å²) >= 11 is 1.75. The highest BCUT2D eigenvalue weighted by molar-refractivity contribution is 8.00. The zero-order valence-corrected chi connectivity index (χ0v) is 19.9. The van der Waals surface area contributed by atoms with E-state index in [1.54, 1.807) is 17.3 Å². The molecule has 5 atom stereocenters. The SMILES string of the molecule is CC1(OC(=O)CSCC2=CCCC3CC4CC=CC=C4C=C23)CCC2CCCCC2C1. The van der Waals surface area contributed by atoms with Crippen LogP contribution in [0.2, 0.25) is 0 Å². The van der Waals surface area contributed by atoms with E-state index >= 15 is 0 Å². The molecule has 3 heteroatoms. The van der Waals surface area contributed by atoms with Gasteiger partial charge in [0.2, 0.25) is 0 Å². The molecule has 0 amide bonds. The number of esters is 1. The van der Waals surface area contributed by atoms with Crippen molar-refractivity contribution in [3.8, 4) is 0 Å². The van der Waals surface area contributed by atoms with Gasteiger partial charge in [-0.05, 0) is 92.3 Å². The third-order valence-electron chi connectivity index (χ3n) is 8.57. The maximum Gasteiger partial charge on any atom is 0.316 e. The largest absolute Gasteiger partial charge is 0.459 e. The summed E-state index contributed by atoms with van der Waals surface area (Å²) < 4.78 is 6.08. The molecule has 5 aliphatic carbocycles. The van der Waals surface area contributed by atoms with Gasteiger partial charge in [-0.2, -0.15) is 0 Å². The summed E-state index contributed by atoms with van der Waals surface area (Å²) in [5.41, 5.74) is 4.30. The number of carbonyl (C=O) groups excluding carboxylic acids is 1. The van der Waals surface area contributed by atoms with Crippen LogP contribution in [-0.4, -0.2) is 23.1 Å². The number of rotatable bonds is 5. The Labute approximate surface area is 192 Å². The normalized spacial score (nSPS) is 36.9. The highest BCUT2D eigenvalue weighted by Gasteiger charge is 2.41. The molecule has 5 aliphatic rings. The van der Waals surface area contributed by atoms with Gasteiger partial charge < -0.3 is 4.74 Å². The van der Waals surface area contributed by atoms with Crippen molar-refractivity contribution in [2.24, 2.45) is 23.7 Å². The van der Waals surface area contributed by atoms with Crippen molar-refractivity contribution >= 4 is 17.7 Å². The minimum absolute atomic E-state index is 0.00691. The van der Waals surface area contributed by atoms with Gasteiger partial charge in [-0.25, -0.2) is 0 Å². The van der Waals surface area contributed by atoms with Crippen LogP contribution in [0.25, 0.3) is 0 Å². The van der Waals surface area contributed by atoms with E-state index in [1.807, 2.05) is 0 Å². The van der Waals surface area contributed by atoms with E-state index in [-0.39, 0.29) is 11.6 Å². The molecule has 0 radical (unpaired) electrons. The molecule has 5 unspecified atom stereocenters. The lowest BCUT2D eigenvalue weighted by Gasteiger charge is -2.44. The van der Waals surface area contributed by atoms with E-state index < -0.39 is 0 Å². The zero-order chi connectivity index (χ0) is 21.3. The fourth-order valence-electron chi connectivity index (χ4n) is 6.93. The lowest BCUT2D eigenvalue weighted by Crippen LogP contribution is -2.42. The van der Waals surface area contributed by atoms with Gasteiger partial charge in [0, 0.05) is 5.75 Å². The topological polar surface area (TPSA) is 26.3 Å². The van der Waals surface area contributed by atoms with E-state index in [1.165, 1.54) is 68.9 Å². The smallest absolute Gasteiger partial charge is 0.316 e. The van der Waals surface area contributed by atoms with E-state index in [0.717, 1.165) is 36.3 Å². The minimum Gasteiger partial charge on any atom is -0.459 e. The summed E-state index contributed by atoms with van der Waals surface area (Å²) in [5, 5.41) is 0. The second kappa shape index (κ2) is 9.33. The van der Waals surface area contributed by atoms with Crippen LogP contribution in [0.3, 0.4) is 0 Å². The molecular formula is C28H38O2S. The van der Waals surface area contributed by atoms with Gasteiger partial charge in [-0.1, -0.05) is 56.1 Å². The Bertz CT molecular complexity index is 819. The second-order valence-corrected chi connectivity index (χ2v) is 11.8. The van der Waals surface area contributed by atoms with Crippen LogP contribution in [0, 0.1) is 23.7 Å². The van der Waals surface area contributed by atoms with Crippen molar-refractivity contribution in [2.45, 2.75) is 83.2 Å². The van der Waals surface area contributed by atoms with E-state index in [0.29, 0.717) is 11.7 Å². The Morgan fingerprint density at radius 1 is 1.16 bits per heavy atom. The number of ether oxygens (including phenoxy) is 1. The highest BCUT2D eigenvalue weighted by Crippen LogP contribution is 2.46. The molecule has 0 aromatic rings. The first-order chi connectivity index (χ1) is 15.1. The van der Waals surface area contributed by atoms with Crippen LogP contribution in [-0.2, 0) is 9.53 Å². The standard InChI is InChI=1S/C28H38O2S/c1-28(14-13-20-7-2-5-10-24(20)17-28)30-27(29)19-31-18-25-12-6-11-23-15-21-8-3-4-9-22(21)16-26(23)25/h3-4,9,12,16,20-21,23-24H,2,5-8,10-11,13-15,17-19H2,1H3. The Hall–Kier alpha value is -1.22. The van der Waals surface area contributed by atoms with Gasteiger partial charge >= 0.3 is 5.97 Å². The van der Waals surface area contributed by atoms with Crippen LogP contribution in [0.4, 0.5) is 0 Å². The predicted octanol–water partition coefficient (Wildman–Crippen LogP) is 7.18. The molecule has 0 heterocycles. The molecular weight excluding hydrogens is 400 g/mol. The van der Waals surface area contributed by atoms with Crippen LogP contribution < -0.4 is 0 Å². The lowest BCUT2D eigenvalue weighted by molar-refractivity contribution is -0.161. The Morgan fingerprint density at radius 3 is 2.94 bits per heavy atom. The summed E-state index contributed by atoms with van der Waals surface area (Å²) in [4.78, 5) is 12.7. The quantitative estimate of drug-likeness (QED) is 0.425. The number of carbonyl (C=O) groups is 1. The predicted molar refractivity (Wildman–Crippen MR) is 130 cm³/mol. The van der Waals surface area contributed by atoms with E-state index in [2.05, 4.69) is 37.3 Å². The highest BCUT2D eigenvalue weighted by atomic mass is 32.2. The number of fused-ring (bicyclic) bond motifs is 3. The molecule has 2 nitrogen and oxygen atoms in total. The van der Waals surface area contributed by atoms with E-state index in [9.17, 15) is 4.79 Å². The molecule has 0 N–H and O–H groups in total. The van der Waals surface area contributed by atoms with Gasteiger partial charge in [0.15, 0.2) is 0 Å². The van der Waals surface area contributed by atoms with E-state index in [4.69, 9.17) is 4.74 Å². The third-order valence-corrected chi connectivity index (χ3v) is 9.52. The first-order valence-corrected chi connectivity index (χ1v) is 13.8. The fourth-order valence-corrected chi connectivity index (χ4v) is 7.76. The number of hydrogen-bond donors (Lipinski definition) is 0. The van der Waals surface area contributed by atoms with Crippen LogP contribution >= 0.6 is 11.8 Å². The summed E-state index contributed by atoms with van der Waals surface area (Å²) in [6, 6.07) is 0. The average molecular weight is 439 g/mol. The van der Waals surface area contributed by atoms with Gasteiger partial charge in [0.25, 0.3) is 0 Å². The maximum absolute atomic E-state index is 12.7. The Kier molecular flexibility index (Phi) is 6.51. The van der Waals surface area contributed by atoms with Crippen LogP contribution in [0.5, 0.6) is 0 Å². The molecule has 0 aliphatic heterocycles. The molecule has 0 saturated heterocycles. The first-order valence-electron chi connectivity index (χ1n) is 12.7. The second-order valence-electron chi connectivity index (χ2n) is 10.8. The van der Waals surface area contributed by atoms with Crippen molar-refractivity contribution in [3.63, 3.8) is 0 Å². The van der Waals surface area contributed by atoms with Gasteiger partial charge in [0.1, 0.15) is 5.60 Å². The van der Waals surface area contributed by atoms with Crippen molar-refractivity contribution in [3.05, 3.63) is 47.1 Å². The zero-order valence-electron chi connectivity index (χ0n) is 19.1. The molecule has 2 fully saturated rings. The average Bonchev–Trinajstić information content (AvgIpc) is 2.77. The van der Waals surface area contributed by atoms with Gasteiger partial charge in [-0.3, -0.25) is 4.79 Å². The van der Waals surface area contributed by atoms with Gasteiger partial charge in [-0.15, -0.1) is 11.8 Å². The lowest BCUT2D eigenvalue weighted by atomic mass is 9.66. The molecule has 168 valence electrons. The summed E-state index contributed by atoms with van der Waals surface area (Å²) in [6.07, 6.45) is 25.6. The molecule has 0 spiro atoms. The van der Waals surface area contributed by atoms with Crippen molar-refractivity contribution in [1.29, 1.82) is 0 Å². The molecule has 0 aromatic carbocycles. The first kappa shape index (κ1) is 21.6. The summed E-state index contributed by atoms with van der Waals surface area (Å²) in [6.45, 7) is 2.18. The Balaban J connectivity index is 1.13. The maximum atomic E-state index is 12.7. The van der Waals surface area contributed by atoms with Crippen LogP contribution in [0.1, 0.15) is 77.6 Å². The Morgan fingerprint density at radius 2 is 2.03 bits per heavy atom. The van der Waals surface area contributed by atoms with Gasteiger partial charge in [0.05, 0.1) is 5.75 Å². The fraction of sp³-hybridized carbons (Fsp3) is 0.679. The van der Waals surface area contributed by atoms with Crippen molar-refractivity contribution < 1.29 is 9.53 Å². The minimum atomic E-state index is -0.229.